The molecule has 0 spiro atoms. The number of aliphatic hydroxyl groups is 1. The number of ether oxygens (including phenoxy) is 1. The molecule has 2 nitrogen and oxygen atoms in total. The molecule has 1 saturated heterocycles. The van der Waals surface area contributed by atoms with E-state index in [0.717, 1.165) is 6.61 Å². The Kier molecular flexibility index (Phi) is 1.90. The lowest BCUT2D eigenvalue weighted by Crippen LogP contribution is -2.44. The molecule has 1 heterocycles. The van der Waals surface area contributed by atoms with Crippen LogP contribution in [-0.2, 0) is 4.74 Å². The highest BCUT2D eigenvalue weighted by Gasteiger charge is 2.45. The topological polar surface area (TPSA) is 29.5 Å². The molecule has 1 atom stereocenters. The summed E-state index contributed by atoms with van der Waals surface area (Å²) >= 11 is 0. The smallest absolute Gasteiger partial charge is 0.0654 e. The molecule has 0 aromatic carbocycles. The van der Waals surface area contributed by atoms with Gasteiger partial charge in [-0.15, -0.1) is 0 Å². The van der Waals surface area contributed by atoms with E-state index in [1.165, 1.54) is 32.1 Å². The maximum absolute atomic E-state index is 9.22. The molecule has 1 unspecified atom stereocenters. The van der Waals surface area contributed by atoms with Crippen LogP contribution < -0.4 is 0 Å². The molecule has 2 heteroatoms. The van der Waals surface area contributed by atoms with Crippen LogP contribution in [0.3, 0.4) is 0 Å². The minimum absolute atomic E-state index is 0.177. The molecule has 0 aromatic heterocycles. The molecular weight excluding hydrogens is 140 g/mol. The van der Waals surface area contributed by atoms with Gasteiger partial charge in [0.15, 0.2) is 0 Å². The van der Waals surface area contributed by atoms with Crippen molar-refractivity contribution in [2.24, 2.45) is 5.41 Å². The van der Waals surface area contributed by atoms with Crippen LogP contribution in [0.25, 0.3) is 0 Å². The quantitative estimate of drug-likeness (QED) is 0.653. The molecule has 2 fully saturated rings. The van der Waals surface area contributed by atoms with E-state index in [1.807, 2.05) is 0 Å². The summed E-state index contributed by atoms with van der Waals surface area (Å²) in [5.74, 6) is 0. The third-order valence-corrected chi connectivity index (χ3v) is 3.28. The molecule has 64 valence electrons. The molecule has 1 aliphatic carbocycles. The van der Waals surface area contributed by atoms with Crippen LogP contribution in [0.15, 0.2) is 0 Å². The predicted octanol–water partition coefficient (Wildman–Crippen LogP) is 1.33. The molecular formula is C9H16O2. The molecule has 2 rings (SSSR count). The van der Waals surface area contributed by atoms with Crippen LogP contribution >= 0.6 is 0 Å². The zero-order valence-corrected chi connectivity index (χ0v) is 6.88. The van der Waals surface area contributed by atoms with Crippen molar-refractivity contribution in [2.75, 3.05) is 13.2 Å². The average molecular weight is 156 g/mol. The molecule has 11 heavy (non-hydrogen) atoms. The second-order valence-corrected chi connectivity index (χ2v) is 3.88. The Morgan fingerprint density at radius 1 is 1.36 bits per heavy atom. The predicted molar refractivity (Wildman–Crippen MR) is 42.3 cm³/mol. The first-order valence-corrected chi connectivity index (χ1v) is 4.60. The summed E-state index contributed by atoms with van der Waals surface area (Å²) in [5.41, 5.74) is 0.177. The van der Waals surface area contributed by atoms with Gasteiger partial charge in [-0.25, -0.2) is 0 Å². The molecule has 1 aliphatic heterocycles. The standard InChI is InChI=1S/C9H16O2/c10-7-9(4-2-5-9)8-3-1-6-11-8/h8,10H,1-7H2. The summed E-state index contributed by atoms with van der Waals surface area (Å²) in [6.45, 7) is 1.24. The summed E-state index contributed by atoms with van der Waals surface area (Å²) in [5, 5.41) is 9.22. The van der Waals surface area contributed by atoms with Gasteiger partial charge in [-0.1, -0.05) is 6.42 Å². The largest absolute Gasteiger partial charge is 0.396 e. The summed E-state index contributed by atoms with van der Waals surface area (Å²) in [7, 11) is 0. The number of hydrogen-bond donors (Lipinski definition) is 1. The Balaban J connectivity index is 1.99. The summed E-state index contributed by atoms with van der Waals surface area (Å²) in [6.07, 6.45) is 6.36. The van der Waals surface area contributed by atoms with Gasteiger partial charge in [-0.2, -0.15) is 0 Å². The first-order valence-electron chi connectivity index (χ1n) is 4.60. The average Bonchev–Trinajstić information content (AvgIpc) is 2.39. The molecule has 0 bridgehead atoms. The Hall–Kier alpha value is -0.0800. The molecule has 0 aromatic rings. The first-order chi connectivity index (χ1) is 5.37. The van der Waals surface area contributed by atoms with Gasteiger partial charge < -0.3 is 9.84 Å². The van der Waals surface area contributed by atoms with Crippen molar-refractivity contribution in [1.29, 1.82) is 0 Å². The Bertz CT molecular complexity index is 129. The maximum atomic E-state index is 9.22. The van der Waals surface area contributed by atoms with Crippen molar-refractivity contribution in [3.8, 4) is 0 Å². The van der Waals surface area contributed by atoms with Crippen LogP contribution in [0.2, 0.25) is 0 Å². The maximum Gasteiger partial charge on any atom is 0.0654 e. The zero-order chi connectivity index (χ0) is 7.73. The highest BCUT2D eigenvalue weighted by Crippen LogP contribution is 2.47. The molecule has 1 N–H and O–H groups in total. The van der Waals surface area contributed by atoms with E-state index in [9.17, 15) is 5.11 Å². The van der Waals surface area contributed by atoms with E-state index in [1.54, 1.807) is 0 Å². The van der Waals surface area contributed by atoms with Crippen molar-refractivity contribution in [2.45, 2.75) is 38.2 Å². The molecule has 0 amide bonds. The fourth-order valence-corrected chi connectivity index (χ4v) is 2.27. The molecule has 0 radical (unpaired) electrons. The van der Waals surface area contributed by atoms with E-state index in [-0.39, 0.29) is 5.41 Å². The van der Waals surface area contributed by atoms with Gasteiger partial charge in [0.05, 0.1) is 12.7 Å². The van der Waals surface area contributed by atoms with E-state index in [0.29, 0.717) is 12.7 Å². The van der Waals surface area contributed by atoms with Crippen LogP contribution in [-0.4, -0.2) is 24.4 Å². The van der Waals surface area contributed by atoms with Gasteiger partial charge >= 0.3 is 0 Å². The van der Waals surface area contributed by atoms with E-state index >= 15 is 0 Å². The van der Waals surface area contributed by atoms with Crippen LogP contribution in [0.1, 0.15) is 32.1 Å². The lowest BCUT2D eigenvalue weighted by atomic mass is 9.65. The van der Waals surface area contributed by atoms with Crippen molar-refractivity contribution < 1.29 is 9.84 Å². The van der Waals surface area contributed by atoms with Gasteiger partial charge in [0, 0.05) is 12.0 Å². The number of aliphatic hydroxyl groups excluding tert-OH is 1. The number of rotatable bonds is 2. The summed E-state index contributed by atoms with van der Waals surface area (Å²) < 4.78 is 5.59. The van der Waals surface area contributed by atoms with E-state index in [4.69, 9.17) is 4.74 Å². The highest BCUT2D eigenvalue weighted by atomic mass is 16.5. The summed E-state index contributed by atoms with van der Waals surface area (Å²) in [6, 6.07) is 0. The lowest BCUT2D eigenvalue weighted by molar-refractivity contribution is -0.0813. The van der Waals surface area contributed by atoms with Crippen LogP contribution in [0, 0.1) is 5.41 Å². The van der Waals surface area contributed by atoms with Crippen molar-refractivity contribution >= 4 is 0 Å². The Morgan fingerprint density at radius 2 is 2.18 bits per heavy atom. The van der Waals surface area contributed by atoms with Gasteiger partial charge in [0.2, 0.25) is 0 Å². The van der Waals surface area contributed by atoms with E-state index < -0.39 is 0 Å². The third-order valence-electron chi connectivity index (χ3n) is 3.28. The fraction of sp³-hybridized carbons (Fsp3) is 1.00. The second-order valence-electron chi connectivity index (χ2n) is 3.88. The van der Waals surface area contributed by atoms with Crippen molar-refractivity contribution in [1.82, 2.24) is 0 Å². The van der Waals surface area contributed by atoms with Gasteiger partial charge in [-0.3, -0.25) is 0 Å². The second kappa shape index (κ2) is 2.76. The monoisotopic (exact) mass is 156 g/mol. The van der Waals surface area contributed by atoms with Crippen LogP contribution in [0.5, 0.6) is 0 Å². The third kappa shape index (κ3) is 1.09. The van der Waals surface area contributed by atoms with Gasteiger partial charge in [0.1, 0.15) is 0 Å². The van der Waals surface area contributed by atoms with Crippen molar-refractivity contribution in [3.63, 3.8) is 0 Å². The Morgan fingerprint density at radius 3 is 2.55 bits per heavy atom. The first kappa shape index (κ1) is 7.56. The van der Waals surface area contributed by atoms with Crippen molar-refractivity contribution in [3.05, 3.63) is 0 Å². The highest BCUT2D eigenvalue weighted by molar-refractivity contribution is 4.95. The molecule has 1 saturated carbocycles. The molecule has 2 aliphatic rings. The fourth-order valence-electron chi connectivity index (χ4n) is 2.27. The zero-order valence-electron chi connectivity index (χ0n) is 6.88. The Labute approximate surface area is 67.6 Å². The van der Waals surface area contributed by atoms with E-state index in [2.05, 4.69) is 0 Å². The SMILES string of the molecule is OCC1(C2CCCO2)CCC1. The normalized spacial score (nSPS) is 35.2. The minimum Gasteiger partial charge on any atom is -0.396 e. The lowest BCUT2D eigenvalue weighted by Gasteiger charge is -2.44. The van der Waals surface area contributed by atoms with Gasteiger partial charge in [-0.05, 0) is 25.7 Å². The van der Waals surface area contributed by atoms with Crippen LogP contribution in [0.4, 0.5) is 0 Å². The number of hydrogen-bond acceptors (Lipinski definition) is 2. The van der Waals surface area contributed by atoms with Gasteiger partial charge in [0.25, 0.3) is 0 Å². The minimum atomic E-state index is 0.177. The summed E-state index contributed by atoms with van der Waals surface area (Å²) in [4.78, 5) is 0.